The number of benzene rings is 1. The summed E-state index contributed by atoms with van der Waals surface area (Å²) in [5.74, 6) is 1.27. The minimum atomic E-state index is -0.203. The predicted octanol–water partition coefficient (Wildman–Crippen LogP) is 4.30. The molecule has 0 radical (unpaired) electrons. The number of thiophene rings is 1. The number of hydrogen-bond donors (Lipinski definition) is 1. The largest absolute Gasteiger partial charge is 0.490 e. The van der Waals surface area contributed by atoms with Gasteiger partial charge in [-0.15, -0.1) is 11.3 Å². The molecule has 1 aromatic carbocycles. The average Bonchev–Trinajstić information content (AvgIpc) is 3.25. The van der Waals surface area contributed by atoms with Crippen LogP contribution in [0, 0.1) is 0 Å². The fourth-order valence-electron chi connectivity index (χ4n) is 3.12. The minimum Gasteiger partial charge on any atom is -0.490 e. The molecule has 2 aromatic heterocycles. The van der Waals surface area contributed by atoms with Gasteiger partial charge in [0.15, 0.2) is 11.5 Å². The number of aryl methyl sites for hydroxylation is 1. The Kier molecular flexibility index (Phi) is 8.06. The van der Waals surface area contributed by atoms with Crippen LogP contribution in [0.25, 0.3) is 10.2 Å². The molecular weight excluding hydrogens is 414 g/mol. The molecule has 31 heavy (non-hydrogen) atoms. The van der Waals surface area contributed by atoms with Crippen molar-refractivity contribution >= 4 is 27.5 Å². The van der Waals surface area contributed by atoms with Gasteiger partial charge in [0.2, 0.25) is 5.91 Å². The van der Waals surface area contributed by atoms with E-state index >= 15 is 0 Å². The van der Waals surface area contributed by atoms with E-state index in [9.17, 15) is 9.59 Å². The van der Waals surface area contributed by atoms with E-state index in [2.05, 4.69) is 24.1 Å². The lowest BCUT2D eigenvalue weighted by Crippen LogP contribution is -2.29. The molecule has 8 heteroatoms. The highest BCUT2D eigenvalue weighted by molar-refractivity contribution is 7.16. The molecule has 0 fully saturated rings. The average molecular weight is 444 g/mol. The highest BCUT2D eigenvalue weighted by Crippen LogP contribution is 2.31. The summed E-state index contributed by atoms with van der Waals surface area (Å²) in [7, 11) is 0. The summed E-state index contributed by atoms with van der Waals surface area (Å²) in [6, 6.07) is 7.31. The monoisotopic (exact) mass is 443 g/mol. The molecule has 1 amide bonds. The molecule has 7 nitrogen and oxygen atoms in total. The molecule has 1 atom stereocenters. The van der Waals surface area contributed by atoms with Crippen molar-refractivity contribution in [1.29, 1.82) is 0 Å². The van der Waals surface area contributed by atoms with Crippen molar-refractivity contribution in [3.05, 3.63) is 51.9 Å². The van der Waals surface area contributed by atoms with Gasteiger partial charge in [-0.2, -0.15) is 0 Å². The van der Waals surface area contributed by atoms with E-state index in [1.165, 1.54) is 22.2 Å². The Bertz CT molecular complexity index is 1080. The topological polar surface area (TPSA) is 82.5 Å². The summed E-state index contributed by atoms with van der Waals surface area (Å²) in [6.07, 6.45) is 3.51. The van der Waals surface area contributed by atoms with E-state index in [-0.39, 0.29) is 30.5 Å². The molecule has 1 N–H and O–H groups in total. The number of hydrogen-bond acceptors (Lipinski definition) is 6. The summed E-state index contributed by atoms with van der Waals surface area (Å²) in [5, 5.41) is 5.43. The quantitative estimate of drug-likeness (QED) is 0.478. The lowest BCUT2D eigenvalue weighted by molar-refractivity contribution is -0.121. The lowest BCUT2D eigenvalue weighted by atomic mass is 10.1. The van der Waals surface area contributed by atoms with E-state index in [0.717, 1.165) is 18.4 Å². The number of amides is 1. The third kappa shape index (κ3) is 5.85. The number of nitrogens with one attached hydrogen (secondary N) is 1. The van der Waals surface area contributed by atoms with E-state index in [1.807, 2.05) is 30.5 Å². The normalized spacial score (nSPS) is 12.0. The maximum atomic E-state index is 12.5. The van der Waals surface area contributed by atoms with Crippen molar-refractivity contribution < 1.29 is 14.3 Å². The van der Waals surface area contributed by atoms with Gasteiger partial charge in [-0.3, -0.25) is 14.2 Å². The van der Waals surface area contributed by atoms with Gasteiger partial charge in [0, 0.05) is 13.0 Å². The first-order valence-electron chi connectivity index (χ1n) is 10.6. The van der Waals surface area contributed by atoms with Crippen LogP contribution in [0.3, 0.4) is 0 Å². The highest BCUT2D eigenvalue weighted by Gasteiger charge is 2.14. The summed E-state index contributed by atoms with van der Waals surface area (Å²) in [5.41, 5.74) is 0.814. The molecule has 2 heterocycles. The summed E-state index contributed by atoms with van der Waals surface area (Å²) in [4.78, 5) is 29.9. The van der Waals surface area contributed by atoms with Gasteiger partial charge in [0.1, 0.15) is 4.83 Å². The highest BCUT2D eigenvalue weighted by atomic mass is 32.1. The zero-order chi connectivity index (χ0) is 22.2. The Morgan fingerprint density at radius 3 is 2.65 bits per heavy atom. The zero-order valence-corrected chi connectivity index (χ0v) is 19.0. The van der Waals surface area contributed by atoms with Crippen molar-refractivity contribution in [2.75, 3.05) is 13.2 Å². The van der Waals surface area contributed by atoms with Gasteiger partial charge in [-0.05, 0) is 48.9 Å². The Hall–Kier alpha value is -2.87. The minimum absolute atomic E-state index is 0.118. The number of carbonyl (C=O) groups is 1. The number of aromatic nitrogens is 2. The van der Waals surface area contributed by atoms with Crippen LogP contribution in [-0.2, 0) is 11.3 Å². The second kappa shape index (κ2) is 10.9. The number of rotatable bonds is 11. The maximum absolute atomic E-state index is 12.5. The van der Waals surface area contributed by atoms with Crippen LogP contribution in [0.15, 0.2) is 40.8 Å². The molecule has 0 aliphatic rings. The van der Waals surface area contributed by atoms with Crippen LogP contribution in [0.1, 0.15) is 51.6 Å². The summed E-state index contributed by atoms with van der Waals surface area (Å²) in [6.45, 7) is 7.54. The first-order chi connectivity index (χ1) is 15.0. The Balaban J connectivity index is 1.62. The van der Waals surface area contributed by atoms with Gasteiger partial charge in [0.05, 0.1) is 31.0 Å². The van der Waals surface area contributed by atoms with Crippen molar-refractivity contribution in [3.63, 3.8) is 0 Å². The predicted molar refractivity (Wildman–Crippen MR) is 123 cm³/mol. The molecular formula is C23H29N3O4S. The molecule has 1 unspecified atom stereocenters. The molecule has 0 saturated carbocycles. The standard InChI is InChI=1S/C23H29N3O4S/c1-4-11-29-19-7-6-17(14-20(19)30-12-5-2)16(3)25-21(27)8-10-26-15-24-22-18(23(26)28)9-13-31-22/h6-7,9,13-16H,4-5,8,10-12H2,1-3H3,(H,25,27). The maximum Gasteiger partial charge on any atom is 0.262 e. The lowest BCUT2D eigenvalue weighted by Gasteiger charge is -2.18. The Morgan fingerprint density at radius 1 is 1.16 bits per heavy atom. The van der Waals surface area contributed by atoms with Gasteiger partial charge >= 0.3 is 0 Å². The number of nitrogens with zero attached hydrogens (tertiary/aromatic N) is 2. The van der Waals surface area contributed by atoms with Crippen LogP contribution in [0.2, 0.25) is 0 Å². The smallest absolute Gasteiger partial charge is 0.262 e. The molecule has 3 aromatic rings. The number of fused-ring (bicyclic) bond motifs is 1. The number of carbonyl (C=O) groups excluding carboxylic acids is 1. The van der Waals surface area contributed by atoms with E-state index < -0.39 is 0 Å². The van der Waals surface area contributed by atoms with E-state index in [1.54, 1.807) is 6.07 Å². The number of ether oxygens (including phenoxy) is 2. The zero-order valence-electron chi connectivity index (χ0n) is 18.2. The van der Waals surface area contributed by atoms with Crippen molar-refractivity contribution in [3.8, 4) is 11.5 Å². The summed E-state index contributed by atoms with van der Waals surface area (Å²) < 4.78 is 13.1. The third-order valence-electron chi connectivity index (χ3n) is 4.80. The van der Waals surface area contributed by atoms with Crippen LogP contribution in [0.4, 0.5) is 0 Å². The molecule has 0 aliphatic heterocycles. The van der Waals surface area contributed by atoms with E-state index in [0.29, 0.717) is 34.9 Å². The van der Waals surface area contributed by atoms with Crippen molar-refractivity contribution in [1.82, 2.24) is 14.9 Å². The van der Waals surface area contributed by atoms with Crippen LogP contribution in [0.5, 0.6) is 11.5 Å². The van der Waals surface area contributed by atoms with Crippen molar-refractivity contribution in [2.45, 2.75) is 52.6 Å². The second-order valence-corrected chi connectivity index (χ2v) is 8.22. The fourth-order valence-corrected chi connectivity index (χ4v) is 3.84. The van der Waals surface area contributed by atoms with Gasteiger partial charge in [0.25, 0.3) is 5.56 Å². The van der Waals surface area contributed by atoms with Gasteiger partial charge < -0.3 is 14.8 Å². The second-order valence-electron chi connectivity index (χ2n) is 7.32. The molecule has 0 spiro atoms. The van der Waals surface area contributed by atoms with Gasteiger partial charge in [-0.25, -0.2) is 4.98 Å². The third-order valence-corrected chi connectivity index (χ3v) is 5.62. The molecule has 0 saturated heterocycles. The molecule has 0 aliphatic carbocycles. The van der Waals surface area contributed by atoms with Crippen molar-refractivity contribution in [2.24, 2.45) is 0 Å². The molecule has 0 bridgehead atoms. The Morgan fingerprint density at radius 2 is 1.90 bits per heavy atom. The van der Waals surface area contributed by atoms with Crippen LogP contribution in [-0.4, -0.2) is 28.7 Å². The first kappa shape index (κ1) is 22.8. The van der Waals surface area contributed by atoms with E-state index in [4.69, 9.17) is 9.47 Å². The Labute approximate surface area is 186 Å². The molecule has 166 valence electrons. The van der Waals surface area contributed by atoms with Crippen LogP contribution >= 0.6 is 11.3 Å². The SMILES string of the molecule is CCCOc1ccc(C(C)NC(=O)CCn2cnc3sccc3c2=O)cc1OCCC. The van der Waals surface area contributed by atoms with Crippen LogP contribution < -0.4 is 20.3 Å². The fraction of sp³-hybridized carbons (Fsp3) is 0.435. The van der Waals surface area contributed by atoms with Gasteiger partial charge in [-0.1, -0.05) is 19.9 Å². The summed E-state index contributed by atoms with van der Waals surface area (Å²) >= 11 is 1.43. The first-order valence-corrected chi connectivity index (χ1v) is 11.5. The molecule has 3 rings (SSSR count).